The molecule has 0 N–H and O–H groups in total. The minimum absolute atomic E-state index is 0.00719. The Bertz CT molecular complexity index is 941. The summed E-state index contributed by atoms with van der Waals surface area (Å²) in [6.45, 7) is 0.0163. The van der Waals surface area contributed by atoms with Crippen molar-refractivity contribution < 1.29 is 24.0 Å². The van der Waals surface area contributed by atoms with Crippen molar-refractivity contribution >= 4 is 29.0 Å². The van der Waals surface area contributed by atoms with Crippen LogP contribution in [0.25, 0.3) is 0 Å². The zero-order valence-electron chi connectivity index (χ0n) is 15.7. The molecule has 0 unspecified atom stereocenters. The lowest BCUT2D eigenvalue weighted by Gasteiger charge is -2.29. The first-order valence-corrected chi connectivity index (χ1v) is 9.27. The van der Waals surface area contributed by atoms with Crippen molar-refractivity contribution in [2.75, 3.05) is 18.1 Å². The first-order chi connectivity index (χ1) is 14.0. The number of ketones is 1. The fourth-order valence-corrected chi connectivity index (χ4v) is 3.23. The molecule has 29 heavy (non-hydrogen) atoms. The van der Waals surface area contributed by atoms with Gasteiger partial charge in [0.1, 0.15) is 0 Å². The molecule has 1 amide bonds. The quantitative estimate of drug-likeness (QED) is 0.308. The SMILES string of the molecule is O=C(CCC(=O)c1ccccc1)OCC(=O)N1CCCc2cc([N+](=O)[O-])ccc21. The molecule has 1 heterocycles. The number of esters is 1. The molecule has 8 heteroatoms. The molecule has 8 nitrogen and oxygen atoms in total. The van der Waals surface area contributed by atoms with Crippen LogP contribution in [0.2, 0.25) is 0 Å². The number of Topliss-reactive ketones (excluding diaryl/α,β-unsaturated/α-hetero) is 1. The van der Waals surface area contributed by atoms with E-state index >= 15 is 0 Å². The summed E-state index contributed by atoms with van der Waals surface area (Å²) in [6, 6.07) is 13.0. The number of benzene rings is 2. The molecule has 0 saturated heterocycles. The van der Waals surface area contributed by atoms with Crippen molar-refractivity contribution in [1.82, 2.24) is 0 Å². The molecular weight excluding hydrogens is 376 g/mol. The minimum Gasteiger partial charge on any atom is -0.456 e. The number of non-ortho nitro benzene ring substituents is 1. The van der Waals surface area contributed by atoms with Crippen LogP contribution in [0.1, 0.15) is 35.2 Å². The van der Waals surface area contributed by atoms with E-state index in [4.69, 9.17) is 4.74 Å². The number of hydrogen-bond acceptors (Lipinski definition) is 6. The number of hydrogen-bond donors (Lipinski definition) is 0. The number of nitro groups is 1. The van der Waals surface area contributed by atoms with E-state index < -0.39 is 23.4 Å². The average Bonchev–Trinajstić information content (AvgIpc) is 2.75. The van der Waals surface area contributed by atoms with E-state index in [1.54, 1.807) is 36.4 Å². The number of anilines is 1. The highest BCUT2D eigenvalue weighted by Gasteiger charge is 2.25. The van der Waals surface area contributed by atoms with Gasteiger partial charge in [0.05, 0.1) is 11.3 Å². The predicted octanol–water partition coefficient (Wildman–Crippen LogP) is 3.08. The molecule has 2 aromatic carbocycles. The Morgan fingerprint density at radius 3 is 2.55 bits per heavy atom. The first-order valence-electron chi connectivity index (χ1n) is 9.27. The second kappa shape index (κ2) is 9.09. The zero-order valence-corrected chi connectivity index (χ0v) is 15.7. The second-order valence-corrected chi connectivity index (χ2v) is 6.67. The molecule has 0 saturated carbocycles. The fourth-order valence-electron chi connectivity index (χ4n) is 3.23. The van der Waals surface area contributed by atoms with Gasteiger partial charge in [0.25, 0.3) is 11.6 Å². The van der Waals surface area contributed by atoms with Crippen LogP contribution in [-0.2, 0) is 20.7 Å². The lowest BCUT2D eigenvalue weighted by atomic mass is 10.0. The summed E-state index contributed by atoms with van der Waals surface area (Å²) in [6.07, 6.45) is 1.21. The van der Waals surface area contributed by atoms with Gasteiger partial charge in [-0.25, -0.2) is 0 Å². The Balaban J connectivity index is 1.53. The van der Waals surface area contributed by atoms with E-state index in [1.165, 1.54) is 17.0 Å². The van der Waals surface area contributed by atoms with E-state index in [9.17, 15) is 24.5 Å². The van der Waals surface area contributed by atoms with E-state index in [0.717, 1.165) is 5.56 Å². The number of nitrogens with zero attached hydrogens (tertiary/aromatic N) is 2. The maximum absolute atomic E-state index is 12.5. The lowest BCUT2D eigenvalue weighted by Crippen LogP contribution is -2.38. The number of rotatable bonds is 7. The normalized spacial score (nSPS) is 12.8. The van der Waals surface area contributed by atoms with Gasteiger partial charge < -0.3 is 9.64 Å². The molecule has 0 aromatic heterocycles. The number of carbonyl (C=O) groups is 3. The molecule has 2 aromatic rings. The van der Waals surface area contributed by atoms with Crippen LogP contribution in [-0.4, -0.2) is 35.7 Å². The van der Waals surface area contributed by atoms with Crippen LogP contribution in [0.3, 0.4) is 0 Å². The molecule has 150 valence electrons. The topological polar surface area (TPSA) is 107 Å². The summed E-state index contributed by atoms with van der Waals surface area (Å²) >= 11 is 0. The van der Waals surface area contributed by atoms with Gasteiger partial charge >= 0.3 is 5.97 Å². The Hall–Kier alpha value is -3.55. The van der Waals surface area contributed by atoms with Gasteiger partial charge in [0, 0.05) is 36.3 Å². The molecule has 0 spiro atoms. The van der Waals surface area contributed by atoms with Crippen molar-refractivity contribution in [2.45, 2.75) is 25.7 Å². The maximum Gasteiger partial charge on any atom is 0.306 e. The van der Waals surface area contributed by atoms with E-state index in [2.05, 4.69) is 0 Å². The third kappa shape index (κ3) is 5.04. The highest BCUT2D eigenvalue weighted by atomic mass is 16.6. The number of nitro benzene ring substituents is 1. The van der Waals surface area contributed by atoms with Gasteiger partial charge in [-0.05, 0) is 24.5 Å². The van der Waals surface area contributed by atoms with E-state index in [0.29, 0.717) is 30.6 Å². The molecule has 0 bridgehead atoms. The van der Waals surface area contributed by atoms with Gasteiger partial charge in [-0.2, -0.15) is 0 Å². The highest BCUT2D eigenvalue weighted by Crippen LogP contribution is 2.30. The standard InChI is InChI=1S/C21H20N2O6/c24-19(15-5-2-1-3-6-15)10-11-21(26)29-14-20(25)22-12-4-7-16-13-17(23(27)28)8-9-18(16)22/h1-3,5-6,8-9,13H,4,7,10-12,14H2. The number of carbonyl (C=O) groups excluding carboxylic acids is 3. The molecule has 1 aliphatic rings. The third-order valence-electron chi connectivity index (χ3n) is 4.70. The fraction of sp³-hybridized carbons (Fsp3) is 0.286. The minimum atomic E-state index is -0.622. The van der Waals surface area contributed by atoms with Crippen molar-refractivity contribution in [3.63, 3.8) is 0 Å². The van der Waals surface area contributed by atoms with Gasteiger partial charge in [0.2, 0.25) is 0 Å². The molecule has 3 rings (SSSR count). The molecule has 0 radical (unpaired) electrons. The first kappa shape index (κ1) is 20.2. The van der Waals surface area contributed by atoms with Gasteiger partial charge in [-0.3, -0.25) is 24.5 Å². The molecule has 0 atom stereocenters. The zero-order chi connectivity index (χ0) is 20.8. The van der Waals surface area contributed by atoms with Crippen molar-refractivity contribution in [3.05, 3.63) is 69.8 Å². The van der Waals surface area contributed by atoms with Crippen molar-refractivity contribution in [3.8, 4) is 0 Å². The van der Waals surface area contributed by atoms with Gasteiger partial charge in [0.15, 0.2) is 12.4 Å². The number of aryl methyl sites for hydroxylation is 1. The number of ether oxygens (including phenoxy) is 1. The van der Waals surface area contributed by atoms with Crippen LogP contribution < -0.4 is 4.90 Å². The maximum atomic E-state index is 12.5. The summed E-state index contributed by atoms with van der Waals surface area (Å²) in [4.78, 5) is 48.3. The number of amides is 1. The van der Waals surface area contributed by atoms with Crippen molar-refractivity contribution in [1.29, 1.82) is 0 Å². The van der Waals surface area contributed by atoms with Crippen LogP contribution in [0.5, 0.6) is 0 Å². The molecule has 0 fully saturated rings. The Morgan fingerprint density at radius 1 is 1.07 bits per heavy atom. The smallest absolute Gasteiger partial charge is 0.306 e. The molecule has 0 aliphatic carbocycles. The summed E-state index contributed by atoms with van der Waals surface area (Å²) in [5.74, 6) is -1.19. The third-order valence-corrected chi connectivity index (χ3v) is 4.70. The Labute approximate surface area is 167 Å². The predicted molar refractivity (Wildman–Crippen MR) is 105 cm³/mol. The Morgan fingerprint density at radius 2 is 1.83 bits per heavy atom. The van der Waals surface area contributed by atoms with Crippen LogP contribution in [0.4, 0.5) is 11.4 Å². The summed E-state index contributed by atoms with van der Waals surface area (Å²) in [5.41, 5.74) is 1.82. The highest BCUT2D eigenvalue weighted by molar-refractivity contribution is 5.98. The summed E-state index contributed by atoms with van der Waals surface area (Å²) < 4.78 is 5.03. The van der Waals surface area contributed by atoms with Crippen LogP contribution in [0, 0.1) is 10.1 Å². The lowest BCUT2D eigenvalue weighted by molar-refractivity contribution is -0.384. The van der Waals surface area contributed by atoms with Gasteiger partial charge in [-0.15, -0.1) is 0 Å². The second-order valence-electron chi connectivity index (χ2n) is 6.67. The number of fused-ring (bicyclic) bond motifs is 1. The summed E-state index contributed by atoms with van der Waals surface area (Å²) in [5, 5.41) is 10.9. The van der Waals surface area contributed by atoms with E-state index in [1.807, 2.05) is 0 Å². The van der Waals surface area contributed by atoms with E-state index in [-0.39, 0.29) is 24.3 Å². The average molecular weight is 396 g/mol. The van der Waals surface area contributed by atoms with Crippen LogP contribution in [0.15, 0.2) is 48.5 Å². The largest absolute Gasteiger partial charge is 0.456 e. The monoisotopic (exact) mass is 396 g/mol. The summed E-state index contributed by atoms with van der Waals surface area (Å²) in [7, 11) is 0. The van der Waals surface area contributed by atoms with Crippen LogP contribution >= 0.6 is 0 Å². The van der Waals surface area contributed by atoms with Crippen molar-refractivity contribution in [2.24, 2.45) is 0 Å². The van der Waals surface area contributed by atoms with Gasteiger partial charge in [-0.1, -0.05) is 30.3 Å². The molecular formula is C21H20N2O6. The Kier molecular flexibility index (Phi) is 6.33. The molecule has 1 aliphatic heterocycles.